The van der Waals surface area contributed by atoms with Gasteiger partial charge in [-0.15, -0.1) is 0 Å². The molecule has 1 fully saturated rings. The largest absolute Gasteiger partial charge is 0.416 e. The van der Waals surface area contributed by atoms with Gasteiger partial charge in [-0.3, -0.25) is 0 Å². The molecule has 1 nitrogen and oxygen atoms in total. The van der Waals surface area contributed by atoms with Crippen molar-refractivity contribution in [1.82, 2.24) is 0 Å². The topological polar surface area (TPSA) is 26.0 Å². The van der Waals surface area contributed by atoms with E-state index in [1.54, 1.807) is 6.92 Å². The molecule has 3 atom stereocenters. The zero-order valence-electron chi connectivity index (χ0n) is 11.4. The summed E-state index contributed by atoms with van der Waals surface area (Å²) in [5.41, 5.74) is 7.14. The standard InChI is InChI=1S/C14H18F3NS2/c1-8-7-10(14(15,16)17)3-4-11(8)12(18)13-9(2)19-5-6-20-13/h3-4,7,9,12-13H,5-6,18H2,1-2H3. The zero-order chi connectivity index (χ0) is 14.9. The Morgan fingerprint density at radius 1 is 1.25 bits per heavy atom. The molecule has 20 heavy (non-hydrogen) atoms. The molecular formula is C14H18F3NS2. The Labute approximate surface area is 125 Å². The van der Waals surface area contributed by atoms with Crippen molar-refractivity contribution < 1.29 is 13.2 Å². The van der Waals surface area contributed by atoms with Crippen LogP contribution in [0.2, 0.25) is 0 Å². The predicted octanol–water partition coefficient (Wildman–Crippen LogP) is 4.25. The van der Waals surface area contributed by atoms with Crippen molar-refractivity contribution in [1.29, 1.82) is 0 Å². The molecule has 0 aromatic heterocycles. The lowest BCUT2D eigenvalue weighted by Crippen LogP contribution is -2.34. The van der Waals surface area contributed by atoms with Crippen LogP contribution in [0, 0.1) is 6.92 Å². The normalized spacial score (nSPS) is 25.5. The molecule has 1 aromatic rings. The van der Waals surface area contributed by atoms with Crippen molar-refractivity contribution in [3.63, 3.8) is 0 Å². The van der Waals surface area contributed by atoms with E-state index in [2.05, 4.69) is 6.92 Å². The summed E-state index contributed by atoms with van der Waals surface area (Å²) in [5, 5.41) is 0.676. The van der Waals surface area contributed by atoms with Crippen LogP contribution in [0.15, 0.2) is 18.2 Å². The zero-order valence-corrected chi connectivity index (χ0v) is 13.0. The molecule has 0 bridgehead atoms. The van der Waals surface area contributed by atoms with E-state index in [9.17, 15) is 13.2 Å². The first-order valence-electron chi connectivity index (χ1n) is 6.47. The second kappa shape index (κ2) is 6.20. The molecule has 0 amide bonds. The van der Waals surface area contributed by atoms with Gasteiger partial charge in [-0.05, 0) is 30.2 Å². The minimum Gasteiger partial charge on any atom is -0.323 e. The molecular weight excluding hydrogens is 303 g/mol. The summed E-state index contributed by atoms with van der Waals surface area (Å²) < 4.78 is 38.0. The average molecular weight is 321 g/mol. The molecule has 2 N–H and O–H groups in total. The molecule has 1 aliphatic heterocycles. The van der Waals surface area contributed by atoms with E-state index in [-0.39, 0.29) is 11.3 Å². The maximum absolute atomic E-state index is 12.7. The number of hydrogen-bond acceptors (Lipinski definition) is 3. The van der Waals surface area contributed by atoms with Gasteiger partial charge in [0.2, 0.25) is 0 Å². The van der Waals surface area contributed by atoms with Crippen LogP contribution < -0.4 is 5.73 Å². The lowest BCUT2D eigenvalue weighted by molar-refractivity contribution is -0.137. The fourth-order valence-corrected chi connectivity index (χ4v) is 5.32. The Kier molecular flexibility index (Phi) is 4.97. The van der Waals surface area contributed by atoms with Crippen LogP contribution in [0.1, 0.15) is 29.7 Å². The van der Waals surface area contributed by atoms with Crippen LogP contribution in [-0.2, 0) is 6.18 Å². The molecule has 0 aliphatic carbocycles. The van der Waals surface area contributed by atoms with Crippen molar-refractivity contribution in [3.8, 4) is 0 Å². The van der Waals surface area contributed by atoms with Crippen LogP contribution in [0.4, 0.5) is 13.2 Å². The van der Waals surface area contributed by atoms with Gasteiger partial charge in [0.1, 0.15) is 0 Å². The molecule has 1 aliphatic rings. The Bertz CT molecular complexity index is 476. The molecule has 0 saturated carbocycles. The van der Waals surface area contributed by atoms with Crippen molar-refractivity contribution in [3.05, 3.63) is 34.9 Å². The van der Waals surface area contributed by atoms with Gasteiger partial charge in [-0.25, -0.2) is 0 Å². The molecule has 1 aromatic carbocycles. The van der Waals surface area contributed by atoms with Gasteiger partial charge in [-0.2, -0.15) is 36.7 Å². The van der Waals surface area contributed by atoms with E-state index < -0.39 is 11.7 Å². The van der Waals surface area contributed by atoms with Gasteiger partial charge in [0, 0.05) is 28.0 Å². The van der Waals surface area contributed by atoms with Gasteiger partial charge < -0.3 is 5.73 Å². The molecule has 2 rings (SSSR count). The second-order valence-corrected chi connectivity index (χ2v) is 7.78. The third kappa shape index (κ3) is 3.46. The summed E-state index contributed by atoms with van der Waals surface area (Å²) in [7, 11) is 0. The molecule has 3 unspecified atom stereocenters. The van der Waals surface area contributed by atoms with Gasteiger partial charge in [-0.1, -0.05) is 13.0 Å². The maximum atomic E-state index is 12.7. The Morgan fingerprint density at radius 2 is 1.90 bits per heavy atom. The fraction of sp³-hybridized carbons (Fsp3) is 0.571. The number of thioether (sulfide) groups is 2. The van der Waals surface area contributed by atoms with Crippen LogP contribution >= 0.6 is 23.5 Å². The van der Waals surface area contributed by atoms with Gasteiger partial charge in [0.05, 0.1) is 5.56 Å². The minimum absolute atomic E-state index is 0.218. The first kappa shape index (κ1) is 16.0. The molecule has 1 saturated heterocycles. The summed E-state index contributed by atoms with van der Waals surface area (Å²) >= 11 is 3.71. The minimum atomic E-state index is -4.30. The summed E-state index contributed by atoms with van der Waals surface area (Å²) in [4.78, 5) is 0. The average Bonchev–Trinajstić information content (AvgIpc) is 2.37. The Morgan fingerprint density at radius 3 is 2.45 bits per heavy atom. The van der Waals surface area contributed by atoms with Crippen LogP contribution in [0.25, 0.3) is 0 Å². The number of aryl methyl sites for hydroxylation is 1. The highest BCUT2D eigenvalue weighted by Crippen LogP contribution is 2.39. The molecule has 112 valence electrons. The second-order valence-electron chi connectivity index (χ2n) is 5.01. The third-order valence-corrected chi connectivity index (χ3v) is 6.76. The summed E-state index contributed by atoms with van der Waals surface area (Å²) in [6, 6.07) is 3.65. The van der Waals surface area contributed by atoms with Crippen molar-refractivity contribution >= 4 is 23.5 Å². The van der Waals surface area contributed by atoms with Crippen molar-refractivity contribution in [2.24, 2.45) is 5.73 Å². The summed E-state index contributed by atoms with van der Waals surface area (Å²) in [6.07, 6.45) is -4.30. The number of halogens is 3. The third-order valence-electron chi connectivity index (χ3n) is 3.55. The molecule has 6 heteroatoms. The maximum Gasteiger partial charge on any atom is 0.416 e. The lowest BCUT2D eigenvalue weighted by Gasteiger charge is -2.33. The molecule has 1 heterocycles. The first-order chi connectivity index (χ1) is 9.30. The number of alkyl halides is 3. The number of benzene rings is 1. The van der Waals surface area contributed by atoms with E-state index >= 15 is 0 Å². The molecule has 0 spiro atoms. The monoisotopic (exact) mass is 321 g/mol. The van der Waals surface area contributed by atoms with Crippen molar-refractivity contribution in [2.45, 2.75) is 36.6 Å². The highest BCUT2D eigenvalue weighted by molar-refractivity contribution is 8.07. The quantitative estimate of drug-likeness (QED) is 0.882. The van der Waals surface area contributed by atoms with E-state index in [0.717, 1.165) is 23.1 Å². The van der Waals surface area contributed by atoms with Gasteiger partial charge in [0.15, 0.2) is 0 Å². The number of hydrogen-bond donors (Lipinski definition) is 1. The number of rotatable bonds is 2. The van der Waals surface area contributed by atoms with Crippen LogP contribution in [-0.4, -0.2) is 22.0 Å². The van der Waals surface area contributed by atoms with E-state index in [1.807, 2.05) is 23.5 Å². The Balaban J connectivity index is 2.24. The van der Waals surface area contributed by atoms with Crippen LogP contribution in [0.3, 0.4) is 0 Å². The van der Waals surface area contributed by atoms with E-state index in [0.29, 0.717) is 10.8 Å². The van der Waals surface area contributed by atoms with Gasteiger partial charge in [0.25, 0.3) is 0 Å². The van der Waals surface area contributed by atoms with Crippen molar-refractivity contribution in [2.75, 3.05) is 11.5 Å². The lowest BCUT2D eigenvalue weighted by atomic mass is 9.96. The SMILES string of the molecule is Cc1cc(C(F)(F)F)ccc1C(N)C1SCCSC1C. The fourth-order valence-electron chi connectivity index (χ4n) is 2.45. The Hall–Kier alpha value is -0.330. The highest BCUT2D eigenvalue weighted by atomic mass is 32.2. The van der Waals surface area contributed by atoms with E-state index in [4.69, 9.17) is 5.73 Å². The number of nitrogens with two attached hydrogens (primary N) is 1. The summed E-state index contributed by atoms with van der Waals surface area (Å²) in [5.74, 6) is 2.16. The smallest absolute Gasteiger partial charge is 0.323 e. The first-order valence-corrected chi connectivity index (χ1v) is 8.57. The molecule has 0 radical (unpaired) electrons. The predicted molar refractivity (Wildman–Crippen MR) is 81.3 cm³/mol. The van der Waals surface area contributed by atoms with Crippen LogP contribution in [0.5, 0.6) is 0 Å². The van der Waals surface area contributed by atoms with Gasteiger partial charge >= 0.3 is 6.18 Å². The summed E-state index contributed by atoms with van der Waals surface area (Å²) in [6.45, 7) is 3.84. The highest BCUT2D eigenvalue weighted by Gasteiger charge is 2.33. The van der Waals surface area contributed by atoms with E-state index in [1.165, 1.54) is 12.1 Å².